The van der Waals surface area contributed by atoms with E-state index in [1.807, 2.05) is 55.5 Å². The molecular weight excluding hydrogens is 580 g/mol. The zero-order chi connectivity index (χ0) is 31.0. The summed E-state index contributed by atoms with van der Waals surface area (Å²) in [5, 5.41) is 6.33. The van der Waals surface area contributed by atoms with E-state index in [4.69, 9.17) is 25.8 Å². The van der Waals surface area contributed by atoms with Crippen LogP contribution in [0.3, 0.4) is 0 Å². The quantitative estimate of drug-likeness (QED) is 0.155. The molecule has 44 heavy (non-hydrogen) atoms. The van der Waals surface area contributed by atoms with E-state index < -0.39 is 17.8 Å². The van der Waals surface area contributed by atoms with Gasteiger partial charge in [-0.25, -0.2) is 9.69 Å². The minimum Gasteiger partial charge on any atom is -0.495 e. The molecule has 0 spiro atoms. The minimum atomic E-state index is -0.930. The molecule has 0 aliphatic carbocycles. The minimum absolute atomic E-state index is 0.0653. The van der Waals surface area contributed by atoms with Crippen LogP contribution in [0.1, 0.15) is 16.7 Å². The first-order valence-corrected chi connectivity index (χ1v) is 14.1. The Kier molecular flexibility index (Phi) is 7.67. The molecular formula is C35H27ClN2O6. The van der Waals surface area contributed by atoms with E-state index in [0.29, 0.717) is 11.3 Å². The normalized spacial score (nSPS) is 14.3. The van der Waals surface area contributed by atoms with Crippen molar-refractivity contribution >= 4 is 62.8 Å². The van der Waals surface area contributed by atoms with Gasteiger partial charge in [-0.05, 0) is 46.2 Å². The highest BCUT2D eigenvalue weighted by Gasteiger charge is 2.39. The number of aryl methyl sites for hydroxylation is 1. The van der Waals surface area contributed by atoms with Crippen molar-refractivity contribution in [3.63, 3.8) is 0 Å². The predicted molar refractivity (Wildman–Crippen MR) is 171 cm³/mol. The van der Waals surface area contributed by atoms with Crippen LogP contribution < -0.4 is 24.4 Å². The van der Waals surface area contributed by atoms with Crippen LogP contribution in [-0.2, 0) is 16.2 Å². The van der Waals surface area contributed by atoms with Gasteiger partial charge in [0.25, 0.3) is 11.8 Å². The topological polar surface area (TPSA) is 94.2 Å². The lowest BCUT2D eigenvalue weighted by Crippen LogP contribution is -2.54. The van der Waals surface area contributed by atoms with Crippen LogP contribution in [0, 0.1) is 6.92 Å². The van der Waals surface area contributed by atoms with Crippen LogP contribution in [0.2, 0.25) is 5.02 Å². The van der Waals surface area contributed by atoms with E-state index >= 15 is 0 Å². The van der Waals surface area contributed by atoms with Gasteiger partial charge in [-0.1, -0.05) is 78.3 Å². The molecule has 1 N–H and O–H groups in total. The van der Waals surface area contributed by atoms with Crippen LogP contribution in [0.25, 0.3) is 27.6 Å². The summed E-state index contributed by atoms with van der Waals surface area (Å²) in [7, 11) is 2.79. The second-order valence-electron chi connectivity index (χ2n) is 10.2. The number of ether oxygens (including phenoxy) is 3. The molecule has 5 aromatic carbocycles. The number of hydrogen-bond donors (Lipinski definition) is 1. The summed E-state index contributed by atoms with van der Waals surface area (Å²) >= 11 is 6.25. The zero-order valence-electron chi connectivity index (χ0n) is 24.1. The Hall–Kier alpha value is -5.34. The van der Waals surface area contributed by atoms with Crippen LogP contribution >= 0.6 is 11.6 Å². The van der Waals surface area contributed by atoms with E-state index in [2.05, 4.69) is 29.6 Å². The van der Waals surface area contributed by atoms with Crippen molar-refractivity contribution in [1.82, 2.24) is 5.32 Å². The third-order valence-electron chi connectivity index (χ3n) is 7.66. The lowest BCUT2D eigenvalue weighted by molar-refractivity contribution is -0.122. The summed E-state index contributed by atoms with van der Waals surface area (Å²) in [6, 6.07) is 25.5. The van der Waals surface area contributed by atoms with Crippen molar-refractivity contribution in [1.29, 1.82) is 0 Å². The van der Waals surface area contributed by atoms with Crippen LogP contribution in [0.4, 0.5) is 10.5 Å². The number of urea groups is 1. The molecule has 1 saturated heterocycles. The van der Waals surface area contributed by atoms with Gasteiger partial charge >= 0.3 is 6.03 Å². The Balaban J connectivity index is 1.45. The Labute approximate surface area is 258 Å². The predicted octanol–water partition coefficient (Wildman–Crippen LogP) is 7.22. The van der Waals surface area contributed by atoms with E-state index in [9.17, 15) is 14.4 Å². The number of carbonyl (C=O) groups is 3. The average Bonchev–Trinajstić information content (AvgIpc) is 3.03. The molecule has 0 bridgehead atoms. The maximum atomic E-state index is 13.9. The van der Waals surface area contributed by atoms with Crippen molar-refractivity contribution in [2.75, 3.05) is 19.1 Å². The van der Waals surface area contributed by atoms with Crippen molar-refractivity contribution in [2.45, 2.75) is 13.5 Å². The highest BCUT2D eigenvalue weighted by Crippen LogP contribution is 2.40. The summed E-state index contributed by atoms with van der Waals surface area (Å²) in [6.45, 7) is 2.29. The summed E-state index contributed by atoms with van der Waals surface area (Å²) < 4.78 is 17.1. The summed E-state index contributed by atoms with van der Waals surface area (Å²) in [5.41, 5.74) is 2.43. The molecule has 8 nitrogen and oxygen atoms in total. The van der Waals surface area contributed by atoms with E-state index in [1.165, 1.54) is 32.4 Å². The van der Waals surface area contributed by atoms with Gasteiger partial charge in [-0.2, -0.15) is 0 Å². The monoisotopic (exact) mass is 606 g/mol. The van der Waals surface area contributed by atoms with Gasteiger partial charge in [-0.3, -0.25) is 14.9 Å². The molecule has 1 aliphatic rings. The molecule has 0 atom stereocenters. The summed E-state index contributed by atoms with van der Waals surface area (Å²) in [4.78, 5) is 41.0. The number of nitrogens with one attached hydrogen (secondary N) is 1. The molecule has 0 radical (unpaired) electrons. The molecule has 1 aliphatic heterocycles. The third-order valence-corrected chi connectivity index (χ3v) is 7.96. The maximum Gasteiger partial charge on any atom is 0.336 e. The number of carbonyl (C=O) groups excluding carboxylic acids is 3. The average molecular weight is 607 g/mol. The molecule has 6 rings (SSSR count). The summed E-state index contributed by atoms with van der Waals surface area (Å²) in [6.07, 6.45) is 1.46. The lowest BCUT2D eigenvalue weighted by Gasteiger charge is -2.28. The maximum absolute atomic E-state index is 13.9. The number of imide groups is 2. The smallest absolute Gasteiger partial charge is 0.336 e. The molecule has 220 valence electrons. The van der Waals surface area contributed by atoms with Gasteiger partial charge in [0.1, 0.15) is 29.4 Å². The SMILES string of the molecule is COc1cc(N2C(=O)NC(=O)/C(=C\c3c(OCc4c(C)ccc5ccccc45)ccc4ccccc34)C2=O)c(OC)cc1Cl. The Morgan fingerprint density at radius 2 is 1.45 bits per heavy atom. The van der Waals surface area contributed by atoms with Gasteiger partial charge in [0.05, 0.1) is 24.9 Å². The number of amides is 4. The molecule has 0 aromatic heterocycles. The number of barbiturate groups is 1. The first-order valence-electron chi connectivity index (χ1n) is 13.8. The van der Waals surface area contributed by atoms with E-state index in [-0.39, 0.29) is 34.4 Å². The van der Waals surface area contributed by atoms with Gasteiger partial charge in [-0.15, -0.1) is 0 Å². The fourth-order valence-electron chi connectivity index (χ4n) is 5.38. The van der Waals surface area contributed by atoms with E-state index in [0.717, 1.165) is 37.6 Å². The summed E-state index contributed by atoms with van der Waals surface area (Å²) in [5.74, 6) is -0.838. The second kappa shape index (κ2) is 11.7. The van der Waals surface area contributed by atoms with Crippen molar-refractivity contribution < 1.29 is 28.6 Å². The molecule has 5 aromatic rings. The lowest BCUT2D eigenvalue weighted by atomic mass is 9.99. The highest BCUT2D eigenvalue weighted by atomic mass is 35.5. The zero-order valence-corrected chi connectivity index (χ0v) is 24.9. The number of halogens is 1. The van der Waals surface area contributed by atoms with Crippen LogP contribution in [0.5, 0.6) is 17.2 Å². The largest absolute Gasteiger partial charge is 0.495 e. The first kappa shape index (κ1) is 28.8. The number of anilines is 1. The highest BCUT2D eigenvalue weighted by molar-refractivity contribution is 6.40. The fraction of sp³-hybridized carbons (Fsp3) is 0.114. The molecule has 1 fully saturated rings. The van der Waals surface area contributed by atoms with Gasteiger partial charge < -0.3 is 14.2 Å². The molecule has 0 saturated carbocycles. The van der Waals surface area contributed by atoms with Gasteiger partial charge in [0, 0.05) is 23.3 Å². The molecule has 4 amide bonds. The van der Waals surface area contributed by atoms with E-state index in [1.54, 1.807) is 0 Å². The van der Waals surface area contributed by atoms with Gasteiger partial charge in [0.2, 0.25) is 0 Å². The first-order chi connectivity index (χ1) is 21.3. The number of hydrogen-bond acceptors (Lipinski definition) is 6. The fourth-order valence-corrected chi connectivity index (χ4v) is 5.61. The Morgan fingerprint density at radius 1 is 0.795 bits per heavy atom. The van der Waals surface area contributed by atoms with Crippen LogP contribution in [0.15, 0.2) is 90.5 Å². The van der Waals surface area contributed by atoms with Gasteiger partial charge in [0.15, 0.2) is 0 Å². The van der Waals surface area contributed by atoms with Crippen LogP contribution in [-0.4, -0.2) is 32.1 Å². The Bertz CT molecular complexity index is 2020. The number of nitrogens with zero attached hydrogens (tertiary/aromatic N) is 1. The third kappa shape index (κ3) is 5.09. The number of methoxy groups -OCH3 is 2. The molecule has 0 unspecified atom stereocenters. The van der Waals surface area contributed by atoms with Crippen molar-refractivity contribution in [3.05, 3.63) is 112 Å². The van der Waals surface area contributed by atoms with Crippen molar-refractivity contribution in [3.8, 4) is 17.2 Å². The Morgan fingerprint density at radius 3 is 2.18 bits per heavy atom. The number of fused-ring (bicyclic) bond motifs is 2. The second-order valence-corrected chi connectivity index (χ2v) is 10.6. The molecule has 1 heterocycles. The molecule has 9 heteroatoms. The number of rotatable bonds is 7. The van der Waals surface area contributed by atoms with Crippen molar-refractivity contribution in [2.24, 2.45) is 0 Å². The number of benzene rings is 5. The standard InChI is InChI=1S/C35H27ClN2O6/c1-20-12-13-21-8-5-7-11-24(21)27(20)19-44-30-15-14-22-9-4-6-10-23(22)25(30)16-26-33(39)37-35(41)38(34(26)40)29-18-31(42-2)28(36)17-32(29)43-3/h4-18H,19H2,1-3H3,(H,37,39,41)/b26-16+.